The van der Waals surface area contributed by atoms with Crippen molar-refractivity contribution in [2.45, 2.75) is 13.5 Å². The normalized spacial score (nSPS) is 10.3. The van der Waals surface area contributed by atoms with Crippen LogP contribution in [0.5, 0.6) is 0 Å². The zero-order chi connectivity index (χ0) is 11.3. The molecule has 4 heteroatoms. The molecule has 1 aromatic rings. The van der Waals surface area contributed by atoms with E-state index in [0.29, 0.717) is 6.54 Å². The van der Waals surface area contributed by atoms with Crippen molar-refractivity contribution >= 4 is 0 Å². The van der Waals surface area contributed by atoms with Crippen molar-refractivity contribution in [3.63, 3.8) is 0 Å². The van der Waals surface area contributed by atoms with Crippen LogP contribution in [0.25, 0.3) is 0 Å². The second-order valence-electron chi connectivity index (χ2n) is 3.17. The number of benzene rings is 1. The van der Waals surface area contributed by atoms with Gasteiger partial charge in [0.05, 0.1) is 12.6 Å². The summed E-state index contributed by atoms with van der Waals surface area (Å²) in [5.41, 5.74) is 0.284. The minimum Gasteiger partial charge on any atom is -0.286 e. The van der Waals surface area contributed by atoms with E-state index in [9.17, 15) is 8.78 Å². The van der Waals surface area contributed by atoms with Gasteiger partial charge in [0.25, 0.3) is 0 Å². The summed E-state index contributed by atoms with van der Waals surface area (Å²) >= 11 is 0. The van der Waals surface area contributed by atoms with E-state index in [2.05, 4.69) is 0 Å². The standard InChI is InChI=1S/C11H12F2N2/c1-2-15(7-6-14)8-9-4-3-5-10(12)11(9)13/h3-5H,2,7-8H2,1H3. The summed E-state index contributed by atoms with van der Waals surface area (Å²) in [5.74, 6) is -1.67. The topological polar surface area (TPSA) is 27.0 Å². The van der Waals surface area contributed by atoms with Gasteiger partial charge in [0.1, 0.15) is 0 Å². The van der Waals surface area contributed by atoms with Gasteiger partial charge in [0.2, 0.25) is 0 Å². The molecule has 1 aromatic carbocycles. The largest absolute Gasteiger partial charge is 0.286 e. The van der Waals surface area contributed by atoms with Crippen molar-refractivity contribution in [3.8, 4) is 6.07 Å². The Kier molecular flexibility index (Phi) is 4.19. The van der Waals surface area contributed by atoms with Crippen LogP contribution >= 0.6 is 0 Å². The van der Waals surface area contributed by atoms with Crippen LogP contribution in [0.3, 0.4) is 0 Å². The van der Waals surface area contributed by atoms with Gasteiger partial charge in [-0.25, -0.2) is 8.78 Å². The molecule has 0 radical (unpaired) electrons. The fourth-order valence-corrected chi connectivity index (χ4v) is 1.29. The third-order valence-corrected chi connectivity index (χ3v) is 2.17. The lowest BCUT2D eigenvalue weighted by atomic mass is 10.2. The van der Waals surface area contributed by atoms with Crippen molar-refractivity contribution in [2.24, 2.45) is 0 Å². The highest BCUT2D eigenvalue weighted by Crippen LogP contribution is 2.13. The van der Waals surface area contributed by atoms with E-state index in [4.69, 9.17) is 5.26 Å². The Morgan fingerprint density at radius 1 is 1.40 bits per heavy atom. The number of halogens is 2. The van der Waals surface area contributed by atoms with Crippen molar-refractivity contribution in [1.29, 1.82) is 5.26 Å². The molecule has 15 heavy (non-hydrogen) atoms. The average molecular weight is 210 g/mol. The summed E-state index contributed by atoms with van der Waals surface area (Å²) < 4.78 is 26.1. The highest BCUT2D eigenvalue weighted by atomic mass is 19.2. The first-order valence-electron chi connectivity index (χ1n) is 4.71. The van der Waals surface area contributed by atoms with Crippen molar-refractivity contribution in [3.05, 3.63) is 35.4 Å². The highest BCUT2D eigenvalue weighted by molar-refractivity contribution is 5.18. The molecule has 1 rings (SSSR count). The van der Waals surface area contributed by atoms with Gasteiger partial charge in [-0.05, 0) is 12.6 Å². The van der Waals surface area contributed by atoms with Gasteiger partial charge >= 0.3 is 0 Å². The van der Waals surface area contributed by atoms with Gasteiger partial charge < -0.3 is 0 Å². The maximum absolute atomic E-state index is 13.3. The molecule has 0 atom stereocenters. The lowest BCUT2D eigenvalue weighted by Gasteiger charge is -2.16. The van der Waals surface area contributed by atoms with Crippen molar-refractivity contribution in [1.82, 2.24) is 4.90 Å². The lowest BCUT2D eigenvalue weighted by Crippen LogP contribution is -2.23. The molecule has 0 spiro atoms. The maximum Gasteiger partial charge on any atom is 0.163 e. The van der Waals surface area contributed by atoms with E-state index in [1.165, 1.54) is 12.1 Å². The van der Waals surface area contributed by atoms with E-state index < -0.39 is 11.6 Å². The van der Waals surface area contributed by atoms with Crippen LogP contribution in [-0.2, 0) is 6.54 Å². The monoisotopic (exact) mass is 210 g/mol. The Labute approximate surface area is 87.7 Å². The molecular formula is C11H12F2N2. The third kappa shape index (κ3) is 3.00. The predicted octanol–water partition coefficient (Wildman–Crippen LogP) is 2.31. The van der Waals surface area contributed by atoms with Crippen LogP contribution in [0.15, 0.2) is 18.2 Å². The Morgan fingerprint density at radius 2 is 2.13 bits per heavy atom. The quantitative estimate of drug-likeness (QED) is 0.713. The molecule has 0 saturated heterocycles. The molecule has 0 bridgehead atoms. The number of nitriles is 1. The zero-order valence-corrected chi connectivity index (χ0v) is 8.50. The summed E-state index contributed by atoms with van der Waals surface area (Å²) in [6.07, 6.45) is 0. The molecule has 0 amide bonds. The molecule has 0 fully saturated rings. The van der Waals surface area contributed by atoms with Crippen molar-refractivity contribution < 1.29 is 8.78 Å². The Hall–Kier alpha value is -1.47. The molecule has 80 valence electrons. The molecule has 0 heterocycles. The average Bonchev–Trinajstić information content (AvgIpc) is 2.24. The summed E-state index contributed by atoms with van der Waals surface area (Å²) in [4.78, 5) is 1.73. The van der Waals surface area contributed by atoms with Gasteiger partial charge in [-0.3, -0.25) is 4.90 Å². The summed E-state index contributed by atoms with van der Waals surface area (Å²) in [6.45, 7) is 2.97. The molecule has 0 unspecified atom stereocenters. The van der Waals surface area contributed by atoms with Crippen LogP contribution in [0.4, 0.5) is 8.78 Å². The van der Waals surface area contributed by atoms with Gasteiger partial charge in [0, 0.05) is 12.1 Å². The minimum absolute atomic E-state index is 0.215. The molecule has 0 N–H and O–H groups in total. The van der Waals surface area contributed by atoms with Gasteiger partial charge in [-0.1, -0.05) is 19.1 Å². The first kappa shape index (κ1) is 11.6. The Balaban J connectivity index is 2.80. The molecule has 2 nitrogen and oxygen atoms in total. The Bertz CT molecular complexity index is 371. The van der Waals surface area contributed by atoms with E-state index in [1.807, 2.05) is 13.0 Å². The van der Waals surface area contributed by atoms with Gasteiger partial charge in [-0.15, -0.1) is 0 Å². The van der Waals surface area contributed by atoms with Crippen LogP contribution in [0.2, 0.25) is 0 Å². The molecule has 0 aromatic heterocycles. The van der Waals surface area contributed by atoms with Gasteiger partial charge in [0.15, 0.2) is 11.6 Å². The van der Waals surface area contributed by atoms with Crippen LogP contribution in [0, 0.1) is 23.0 Å². The highest BCUT2D eigenvalue weighted by Gasteiger charge is 2.10. The molecule has 0 saturated carbocycles. The SMILES string of the molecule is CCN(CC#N)Cc1cccc(F)c1F. The molecular weight excluding hydrogens is 198 g/mol. The van der Waals surface area contributed by atoms with Crippen molar-refractivity contribution in [2.75, 3.05) is 13.1 Å². The maximum atomic E-state index is 13.3. The third-order valence-electron chi connectivity index (χ3n) is 2.17. The van der Waals surface area contributed by atoms with Gasteiger partial charge in [-0.2, -0.15) is 5.26 Å². The van der Waals surface area contributed by atoms with E-state index in [-0.39, 0.29) is 18.7 Å². The second kappa shape index (κ2) is 5.42. The van der Waals surface area contributed by atoms with E-state index >= 15 is 0 Å². The second-order valence-corrected chi connectivity index (χ2v) is 3.17. The molecule has 0 aliphatic rings. The molecule has 0 aliphatic carbocycles. The number of rotatable bonds is 4. The number of hydrogen-bond donors (Lipinski definition) is 0. The van der Waals surface area contributed by atoms with E-state index in [0.717, 1.165) is 6.07 Å². The first-order chi connectivity index (χ1) is 7.19. The Morgan fingerprint density at radius 3 is 2.73 bits per heavy atom. The number of nitrogens with zero attached hydrogens (tertiary/aromatic N) is 2. The summed E-state index contributed by atoms with van der Waals surface area (Å²) in [7, 11) is 0. The lowest BCUT2D eigenvalue weighted by molar-refractivity contribution is 0.307. The fraction of sp³-hybridized carbons (Fsp3) is 0.364. The predicted molar refractivity (Wildman–Crippen MR) is 52.9 cm³/mol. The van der Waals surface area contributed by atoms with E-state index in [1.54, 1.807) is 4.90 Å². The zero-order valence-electron chi connectivity index (χ0n) is 8.50. The first-order valence-corrected chi connectivity index (χ1v) is 4.71. The van der Waals surface area contributed by atoms with Crippen LogP contribution in [0.1, 0.15) is 12.5 Å². The van der Waals surface area contributed by atoms with Crippen LogP contribution in [-0.4, -0.2) is 18.0 Å². The summed E-state index contributed by atoms with van der Waals surface area (Å²) in [5, 5.41) is 8.51. The summed E-state index contributed by atoms with van der Waals surface area (Å²) in [6, 6.07) is 6.06. The number of hydrogen-bond acceptors (Lipinski definition) is 2. The van der Waals surface area contributed by atoms with Crippen LogP contribution < -0.4 is 0 Å². The fourth-order valence-electron chi connectivity index (χ4n) is 1.29. The molecule has 0 aliphatic heterocycles. The smallest absolute Gasteiger partial charge is 0.163 e. The minimum atomic E-state index is -0.847.